The zero-order chi connectivity index (χ0) is 23.0. The van der Waals surface area contributed by atoms with Crippen molar-refractivity contribution in [3.63, 3.8) is 0 Å². The molecule has 10 heteroatoms. The van der Waals surface area contributed by atoms with Gasteiger partial charge in [0.05, 0.1) is 5.69 Å². The molecule has 1 aromatic carbocycles. The van der Waals surface area contributed by atoms with Gasteiger partial charge in [-0.2, -0.15) is 5.10 Å². The smallest absolute Gasteiger partial charge is 0.326 e. The van der Waals surface area contributed by atoms with Crippen molar-refractivity contribution in [1.82, 2.24) is 19.8 Å². The number of nitrogens with zero attached hydrogens (tertiary/aromatic N) is 4. The molecule has 0 aliphatic carbocycles. The van der Waals surface area contributed by atoms with Gasteiger partial charge in [-0.15, -0.1) is 0 Å². The molecule has 0 aliphatic rings. The summed E-state index contributed by atoms with van der Waals surface area (Å²) in [5.41, 5.74) is 9.57. The normalized spacial score (nSPS) is 11.5. The maximum Gasteiger partial charge on any atom is 0.326 e. The Kier molecular flexibility index (Phi) is 5.13. The first-order valence-corrected chi connectivity index (χ1v) is 9.92. The predicted octanol–water partition coefficient (Wildman–Crippen LogP) is 4.11. The van der Waals surface area contributed by atoms with Crippen molar-refractivity contribution in [2.24, 2.45) is 0 Å². The van der Waals surface area contributed by atoms with Crippen LogP contribution >= 0.6 is 0 Å². The van der Waals surface area contributed by atoms with Crippen molar-refractivity contribution in [2.75, 3.05) is 16.4 Å². The van der Waals surface area contributed by atoms with E-state index < -0.39 is 6.03 Å². The third kappa shape index (κ3) is 4.02. The number of anilines is 3. The van der Waals surface area contributed by atoms with Crippen LogP contribution in [0.5, 0.6) is 0 Å². The van der Waals surface area contributed by atoms with E-state index in [0.717, 1.165) is 11.3 Å². The van der Waals surface area contributed by atoms with Crippen LogP contribution < -0.4 is 16.4 Å². The number of amides is 2. The van der Waals surface area contributed by atoms with Gasteiger partial charge in [0.1, 0.15) is 11.8 Å². The summed E-state index contributed by atoms with van der Waals surface area (Å²) in [6.07, 6.45) is 2.97. The van der Waals surface area contributed by atoms with Crippen molar-refractivity contribution < 1.29 is 14.1 Å². The lowest BCUT2D eigenvalue weighted by Crippen LogP contribution is -2.19. The molecule has 0 atom stereocenters. The van der Waals surface area contributed by atoms with Gasteiger partial charge >= 0.3 is 6.03 Å². The van der Waals surface area contributed by atoms with E-state index in [4.69, 9.17) is 10.3 Å². The van der Waals surface area contributed by atoms with Crippen LogP contribution in [0.1, 0.15) is 43.7 Å². The number of nitrogens with one attached hydrogen (secondary N) is 2. The van der Waals surface area contributed by atoms with Gasteiger partial charge in [-0.05, 0) is 24.6 Å². The number of benzene rings is 1. The molecule has 3 heterocycles. The molecule has 10 nitrogen and oxygen atoms in total. The molecule has 0 unspecified atom stereocenters. The number of aromatic nitrogens is 4. The van der Waals surface area contributed by atoms with Crippen molar-refractivity contribution in [1.29, 1.82) is 0 Å². The number of urea groups is 1. The van der Waals surface area contributed by atoms with E-state index in [9.17, 15) is 9.59 Å². The van der Waals surface area contributed by atoms with Crippen molar-refractivity contribution in [3.05, 3.63) is 54.1 Å². The van der Waals surface area contributed by atoms with Crippen molar-refractivity contribution in [2.45, 2.75) is 33.1 Å². The summed E-state index contributed by atoms with van der Waals surface area (Å²) < 4.78 is 6.71. The quantitative estimate of drug-likeness (QED) is 0.411. The van der Waals surface area contributed by atoms with Gasteiger partial charge in [-0.25, -0.2) is 14.3 Å². The van der Waals surface area contributed by atoms with Crippen molar-refractivity contribution in [3.8, 4) is 11.1 Å². The second-order valence-electron chi connectivity index (χ2n) is 8.40. The Hall–Kier alpha value is -4.21. The van der Waals surface area contributed by atoms with E-state index in [-0.39, 0.29) is 22.9 Å². The molecule has 0 aliphatic heterocycles. The van der Waals surface area contributed by atoms with E-state index in [2.05, 4.69) is 25.9 Å². The Morgan fingerprint density at radius 2 is 1.84 bits per heavy atom. The van der Waals surface area contributed by atoms with Crippen LogP contribution in [0.3, 0.4) is 0 Å². The zero-order valence-corrected chi connectivity index (χ0v) is 18.1. The van der Waals surface area contributed by atoms with Crippen molar-refractivity contribution >= 4 is 34.7 Å². The van der Waals surface area contributed by atoms with Crippen LogP contribution in [0, 0.1) is 0 Å². The summed E-state index contributed by atoms with van der Waals surface area (Å²) in [5, 5.41) is 13.5. The van der Waals surface area contributed by atoms with E-state index in [0.29, 0.717) is 22.3 Å². The van der Waals surface area contributed by atoms with E-state index in [1.807, 2.05) is 20.8 Å². The highest BCUT2D eigenvalue weighted by Gasteiger charge is 2.21. The highest BCUT2D eigenvalue weighted by Crippen LogP contribution is 2.33. The van der Waals surface area contributed by atoms with Crippen LogP contribution in [-0.2, 0) is 5.41 Å². The average molecular weight is 433 g/mol. The molecule has 0 spiro atoms. The molecule has 0 fully saturated rings. The fourth-order valence-corrected chi connectivity index (χ4v) is 3.28. The van der Waals surface area contributed by atoms with Gasteiger partial charge in [0.15, 0.2) is 11.6 Å². The Bertz CT molecular complexity index is 1310. The minimum atomic E-state index is -0.467. The second kappa shape index (κ2) is 7.80. The molecule has 0 saturated carbocycles. The number of fused-ring (bicyclic) bond motifs is 1. The SMILES string of the molecule is CC(=O)c1cn2ncnc(N)c2c1-c1ccc(NC(=O)Nc2cc(C(C)(C)C)no2)cc1. The van der Waals surface area contributed by atoms with Crippen LogP contribution in [0.25, 0.3) is 16.6 Å². The van der Waals surface area contributed by atoms with Gasteiger partial charge < -0.3 is 15.6 Å². The second-order valence-corrected chi connectivity index (χ2v) is 8.40. The standard InChI is InChI=1S/C22H23N7O3/c1-12(30)15-10-29-19(20(23)24-11-25-29)18(15)13-5-7-14(8-6-13)26-21(31)27-17-9-16(28-32-17)22(2,3)4/h5-11H,1-4H3,(H2,23,24,25)(H2,26,27,31). The van der Waals surface area contributed by atoms with E-state index in [1.54, 1.807) is 36.5 Å². The van der Waals surface area contributed by atoms with Gasteiger partial charge in [0.2, 0.25) is 5.88 Å². The number of nitrogen functional groups attached to an aromatic ring is 1. The maximum absolute atomic E-state index is 12.3. The Labute approximate surface area is 183 Å². The first-order valence-electron chi connectivity index (χ1n) is 9.92. The molecule has 4 aromatic rings. The predicted molar refractivity (Wildman–Crippen MR) is 121 cm³/mol. The Morgan fingerprint density at radius 3 is 2.47 bits per heavy atom. The molecule has 0 radical (unpaired) electrons. The number of ketones is 1. The number of carbonyl (C=O) groups excluding carboxylic acids is 2. The van der Waals surface area contributed by atoms with Crippen LogP contribution in [0.4, 0.5) is 22.2 Å². The summed E-state index contributed by atoms with van der Waals surface area (Å²) in [4.78, 5) is 28.5. The minimum Gasteiger partial charge on any atom is -0.382 e. The number of nitrogens with two attached hydrogens (primary N) is 1. The van der Waals surface area contributed by atoms with Crippen LogP contribution in [-0.4, -0.2) is 31.6 Å². The third-order valence-electron chi connectivity index (χ3n) is 4.93. The summed E-state index contributed by atoms with van der Waals surface area (Å²) in [6, 6.07) is 8.25. The molecule has 0 saturated heterocycles. The molecule has 0 bridgehead atoms. The molecule has 4 N–H and O–H groups in total. The van der Waals surface area contributed by atoms with Gasteiger partial charge in [-0.1, -0.05) is 38.1 Å². The fraction of sp³-hybridized carbons (Fsp3) is 0.227. The summed E-state index contributed by atoms with van der Waals surface area (Å²) in [5.74, 6) is 0.407. The molecule has 3 aromatic heterocycles. The average Bonchev–Trinajstić information content (AvgIpc) is 3.34. The van der Waals surface area contributed by atoms with Gasteiger partial charge in [0, 0.05) is 34.5 Å². The largest absolute Gasteiger partial charge is 0.382 e. The Morgan fingerprint density at radius 1 is 1.12 bits per heavy atom. The van der Waals surface area contributed by atoms with E-state index in [1.165, 1.54) is 17.8 Å². The van der Waals surface area contributed by atoms with E-state index >= 15 is 0 Å². The van der Waals surface area contributed by atoms with Gasteiger partial charge in [-0.3, -0.25) is 10.1 Å². The minimum absolute atomic E-state index is 0.117. The molecular formula is C22H23N7O3. The number of hydrogen-bond donors (Lipinski definition) is 3. The summed E-state index contributed by atoms with van der Waals surface area (Å²) >= 11 is 0. The number of carbonyl (C=O) groups is 2. The first kappa shape index (κ1) is 21.0. The Balaban J connectivity index is 1.55. The number of Topliss-reactive ketones (excluding diaryl/α,β-unsaturated/α-hetero) is 1. The molecule has 164 valence electrons. The summed E-state index contributed by atoms with van der Waals surface area (Å²) in [7, 11) is 0. The number of rotatable bonds is 4. The third-order valence-corrected chi connectivity index (χ3v) is 4.93. The maximum atomic E-state index is 12.3. The highest BCUT2D eigenvalue weighted by atomic mass is 16.5. The molecule has 4 rings (SSSR count). The molecule has 2 amide bonds. The lowest BCUT2D eigenvalue weighted by atomic mass is 9.92. The van der Waals surface area contributed by atoms with Gasteiger partial charge in [0.25, 0.3) is 0 Å². The molecule has 32 heavy (non-hydrogen) atoms. The summed E-state index contributed by atoms with van der Waals surface area (Å²) in [6.45, 7) is 7.49. The lowest BCUT2D eigenvalue weighted by Gasteiger charge is -2.12. The topological polar surface area (TPSA) is 140 Å². The zero-order valence-electron chi connectivity index (χ0n) is 18.1. The first-order chi connectivity index (χ1) is 15.1. The van der Waals surface area contributed by atoms with Crippen LogP contribution in [0.15, 0.2) is 47.4 Å². The molecular weight excluding hydrogens is 410 g/mol. The lowest BCUT2D eigenvalue weighted by molar-refractivity contribution is 0.101. The highest BCUT2D eigenvalue weighted by molar-refractivity contribution is 6.07. The fourth-order valence-electron chi connectivity index (χ4n) is 3.28. The number of hydrogen-bond acceptors (Lipinski definition) is 7. The van der Waals surface area contributed by atoms with Crippen LogP contribution in [0.2, 0.25) is 0 Å². The monoisotopic (exact) mass is 433 g/mol.